The SMILES string of the molecule is ON=C(Cl)c1cnc2ccccc2n1. The van der Waals surface area contributed by atoms with E-state index in [2.05, 4.69) is 15.1 Å². The Morgan fingerprint density at radius 2 is 2.00 bits per heavy atom. The molecular formula is C9H6ClN3O. The van der Waals surface area contributed by atoms with Gasteiger partial charge in [0.2, 0.25) is 0 Å². The second-order valence-electron chi connectivity index (χ2n) is 2.63. The second-order valence-corrected chi connectivity index (χ2v) is 2.99. The second kappa shape index (κ2) is 3.59. The van der Waals surface area contributed by atoms with E-state index in [1.165, 1.54) is 6.20 Å². The summed E-state index contributed by atoms with van der Waals surface area (Å²) >= 11 is 5.59. The van der Waals surface area contributed by atoms with E-state index >= 15 is 0 Å². The molecule has 2 aromatic rings. The summed E-state index contributed by atoms with van der Waals surface area (Å²) in [6.45, 7) is 0. The van der Waals surface area contributed by atoms with Gasteiger partial charge in [0.05, 0.1) is 17.2 Å². The summed E-state index contributed by atoms with van der Waals surface area (Å²) in [5.41, 5.74) is 1.85. The molecular weight excluding hydrogens is 202 g/mol. The number of hydrogen-bond acceptors (Lipinski definition) is 4. The molecule has 4 nitrogen and oxygen atoms in total. The molecule has 70 valence electrons. The zero-order chi connectivity index (χ0) is 9.97. The summed E-state index contributed by atoms with van der Waals surface area (Å²) in [4.78, 5) is 8.27. The first-order valence-electron chi connectivity index (χ1n) is 3.91. The first-order chi connectivity index (χ1) is 6.81. The molecule has 0 amide bonds. The maximum Gasteiger partial charge on any atom is 0.195 e. The van der Waals surface area contributed by atoms with Gasteiger partial charge in [0.15, 0.2) is 5.17 Å². The number of nitrogens with zero attached hydrogens (tertiary/aromatic N) is 3. The Morgan fingerprint density at radius 3 is 2.71 bits per heavy atom. The number of para-hydroxylation sites is 2. The van der Waals surface area contributed by atoms with Crippen LogP contribution in [-0.2, 0) is 0 Å². The average Bonchev–Trinajstić information content (AvgIpc) is 2.27. The van der Waals surface area contributed by atoms with Gasteiger partial charge in [-0.2, -0.15) is 0 Å². The maximum atomic E-state index is 8.45. The van der Waals surface area contributed by atoms with Crippen molar-refractivity contribution in [2.75, 3.05) is 0 Å². The van der Waals surface area contributed by atoms with E-state index in [1.807, 2.05) is 24.3 Å². The number of rotatable bonds is 1. The van der Waals surface area contributed by atoms with Crippen LogP contribution in [0.15, 0.2) is 35.6 Å². The fourth-order valence-electron chi connectivity index (χ4n) is 1.11. The molecule has 0 aliphatic heterocycles. The van der Waals surface area contributed by atoms with Gasteiger partial charge in [0, 0.05) is 0 Å². The molecule has 1 aromatic carbocycles. The molecule has 14 heavy (non-hydrogen) atoms. The average molecular weight is 208 g/mol. The largest absolute Gasteiger partial charge is 0.410 e. The van der Waals surface area contributed by atoms with Crippen LogP contribution in [0, 0.1) is 0 Å². The minimum atomic E-state index is -0.0664. The van der Waals surface area contributed by atoms with Crippen molar-refractivity contribution in [2.45, 2.75) is 0 Å². The summed E-state index contributed by atoms with van der Waals surface area (Å²) in [5.74, 6) is 0. The highest BCUT2D eigenvalue weighted by Gasteiger charge is 2.03. The summed E-state index contributed by atoms with van der Waals surface area (Å²) in [6.07, 6.45) is 1.46. The van der Waals surface area contributed by atoms with Gasteiger partial charge in [-0.15, -0.1) is 0 Å². The molecule has 2 rings (SSSR count). The van der Waals surface area contributed by atoms with Gasteiger partial charge >= 0.3 is 0 Å². The van der Waals surface area contributed by atoms with E-state index in [0.717, 1.165) is 5.52 Å². The van der Waals surface area contributed by atoms with Crippen LogP contribution in [0.2, 0.25) is 0 Å². The lowest BCUT2D eigenvalue weighted by molar-refractivity contribution is 0.320. The fraction of sp³-hybridized carbons (Fsp3) is 0. The number of benzene rings is 1. The smallest absolute Gasteiger partial charge is 0.195 e. The molecule has 0 spiro atoms. The van der Waals surface area contributed by atoms with Crippen LogP contribution >= 0.6 is 11.6 Å². The predicted molar refractivity (Wildman–Crippen MR) is 53.7 cm³/mol. The Morgan fingerprint density at radius 1 is 1.29 bits per heavy atom. The molecule has 1 aromatic heterocycles. The van der Waals surface area contributed by atoms with Crippen LogP contribution in [-0.4, -0.2) is 20.3 Å². The summed E-state index contributed by atoms with van der Waals surface area (Å²) in [7, 11) is 0. The molecule has 0 unspecified atom stereocenters. The quantitative estimate of drug-likeness (QED) is 0.442. The van der Waals surface area contributed by atoms with E-state index < -0.39 is 0 Å². The molecule has 0 atom stereocenters. The highest BCUT2D eigenvalue weighted by Crippen LogP contribution is 2.09. The molecule has 5 heteroatoms. The Hall–Kier alpha value is -1.68. The molecule has 0 saturated carbocycles. The van der Waals surface area contributed by atoms with Crippen molar-refractivity contribution in [3.05, 3.63) is 36.2 Å². The van der Waals surface area contributed by atoms with E-state index in [-0.39, 0.29) is 5.17 Å². The number of halogens is 1. The highest BCUT2D eigenvalue weighted by atomic mass is 35.5. The van der Waals surface area contributed by atoms with Crippen LogP contribution in [0.4, 0.5) is 0 Å². The van der Waals surface area contributed by atoms with Crippen LogP contribution in [0.25, 0.3) is 11.0 Å². The standard InChI is InChI=1S/C9H6ClN3O/c10-9(13-14)8-5-11-6-3-1-2-4-7(6)12-8/h1-5,14H. The molecule has 0 bridgehead atoms. The minimum Gasteiger partial charge on any atom is -0.410 e. The van der Waals surface area contributed by atoms with Crippen molar-refractivity contribution in [3.63, 3.8) is 0 Å². The third kappa shape index (κ3) is 1.52. The van der Waals surface area contributed by atoms with Crippen LogP contribution < -0.4 is 0 Å². The normalized spacial score (nSPS) is 11.9. The third-order valence-electron chi connectivity index (χ3n) is 1.75. The van der Waals surface area contributed by atoms with E-state index in [0.29, 0.717) is 11.2 Å². The first-order valence-corrected chi connectivity index (χ1v) is 4.29. The van der Waals surface area contributed by atoms with Gasteiger partial charge in [0.25, 0.3) is 0 Å². The lowest BCUT2D eigenvalue weighted by atomic mass is 10.3. The number of fused-ring (bicyclic) bond motifs is 1. The van der Waals surface area contributed by atoms with Gasteiger partial charge in [-0.05, 0) is 12.1 Å². The zero-order valence-electron chi connectivity index (χ0n) is 7.05. The molecule has 0 aliphatic rings. The van der Waals surface area contributed by atoms with Crippen molar-refractivity contribution < 1.29 is 5.21 Å². The van der Waals surface area contributed by atoms with Crippen LogP contribution in [0.1, 0.15) is 5.69 Å². The van der Waals surface area contributed by atoms with E-state index in [1.54, 1.807) is 0 Å². The summed E-state index contributed by atoms with van der Waals surface area (Å²) < 4.78 is 0. The fourth-order valence-corrected chi connectivity index (χ4v) is 1.20. The number of oxime groups is 1. The Bertz CT molecular complexity index is 498. The summed E-state index contributed by atoms with van der Waals surface area (Å²) in [5, 5.41) is 11.2. The van der Waals surface area contributed by atoms with Gasteiger partial charge in [-0.25, -0.2) is 4.98 Å². The van der Waals surface area contributed by atoms with Crippen molar-refractivity contribution in [1.82, 2.24) is 9.97 Å². The Kier molecular flexibility index (Phi) is 2.28. The molecule has 0 fully saturated rings. The molecule has 0 radical (unpaired) electrons. The lowest BCUT2D eigenvalue weighted by Gasteiger charge is -1.98. The van der Waals surface area contributed by atoms with Gasteiger partial charge in [0.1, 0.15) is 5.69 Å². The van der Waals surface area contributed by atoms with Crippen LogP contribution in [0.5, 0.6) is 0 Å². The molecule has 0 saturated heterocycles. The Labute approximate surface area is 84.9 Å². The van der Waals surface area contributed by atoms with Gasteiger partial charge < -0.3 is 5.21 Å². The first kappa shape index (κ1) is 8.90. The predicted octanol–water partition coefficient (Wildman–Crippen LogP) is 2.00. The number of hydrogen-bond donors (Lipinski definition) is 1. The topological polar surface area (TPSA) is 58.4 Å². The van der Waals surface area contributed by atoms with Crippen molar-refractivity contribution in [1.29, 1.82) is 0 Å². The highest BCUT2D eigenvalue weighted by molar-refractivity contribution is 6.69. The minimum absolute atomic E-state index is 0.0664. The van der Waals surface area contributed by atoms with Crippen molar-refractivity contribution in [2.24, 2.45) is 5.16 Å². The molecule has 0 aliphatic carbocycles. The summed E-state index contributed by atoms with van der Waals surface area (Å²) in [6, 6.07) is 7.38. The molecule has 1 heterocycles. The Balaban J connectivity index is 2.62. The van der Waals surface area contributed by atoms with Gasteiger partial charge in [-0.1, -0.05) is 28.9 Å². The van der Waals surface area contributed by atoms with Crippen molar-refractivity contribution >= 4 is 27.8 Å². The van der Waals surface area contributed by atoms with Gasteiger partial charge in [-0.3, -0.25) is 4.98 Å². The van der Waals surface area contributed by atoms with Crippen LogP contribution in [0.3, 0.4) is 0 Å². The third-order valence-corrected chi connectivity index (χ3v) is 2.02. The zero-order valence-corrected chi connectivity index (χ0v) is 7.81. The van der Waals surface area contributed by atoms with E-state index in [9.17, 15) is 0 Å². The number of aromatic nitrogens is 2. The van der Waals surface area contributed by atoms with E-state index in [4.69, 9.17) is 16.8 Å². The molecule has 1 N–H and O–H groups in total. The lowest BCUT2D eigenvalue weighted by Crippen LogP contribution is -1.97. The maximum absolute atomic E-state index is 8.45. The monoisotopic (exact) mass is 207 g/mol. The van der Waals surface area contributed by atoms with Crippen molar-refractivity contribution in [3.8, 4) is 0 Å².